The molecule has 1 aromatic carbocycles. The highest BCUT2D eigenvalue weighted by molar-refractivity contribution is 14.1. The first-order valence-electron chi connectivity index (χ1n) is 3.44. The number of hydrogen-bond acceptors (Lipinski definition) is 2. The van der Waals surface area contributed by atoms with Crippen LogP contribution < -0.4 is 3.11 Å². The molecule has 4 heteroatoms. The number of carbonyl (C=O) groups excluding carboxylic acids is 1. The number of rotatable bonds is 0. The molecule has 0 N–H and O–H groups in total. The molecule has 12 heavy (non-hydrogen) atoms. The van der Waals surface area contributed by atoms with Crippen LogP contribution in [0.25, 0.3) is 0 Å². The third-order valence-corrected chi connectivity index (χ3v) is 2.66. The largest absolute Gasteiger partial charge is 0.306 e. The highest BCUT2D eigenvalue weighted by Crippen LogP contribution is 2.30. The molecule has 0 spiro atoms. The van der Waals surface area contributed by atoms with Gasteiger partial charge in [-0.1, -0.05) is 0 Å². The van der Waals surface area contributed by atoms with Crippen molar-refractivity contribution in [1.29, 1.82) is 0 Å². The summed E-state index contributed by atoms with van der Waals surface area (Å²) in [7, 11) is 0. The van der Waals surface area contributed by atoms with E-state index in [1.54, 1.807) is 9.18 Å². The van der Waals surface area contributed by atoms with Gasteiger partial charge in [-0.05, 0) is 18.2 Å². The van der Waals surface area contributed by atoms with E-state index in [0.717, 1.165) is 5.69 Å². The smallest absolute Gasteiger partial charge is 0.185 e. The third kappa shape index (κ3) is 1.10. The molecule has 0 aliphatic carbocycles. The van der Waals surface area contributed by atoms with Crippen molar-refractivity contribution in [2.45, 2.75) is 0 Å². The number of hydrogen-bond donors (Lipinski definition) is 0. The van der Waals surface area contributed by atoms with E-state index in [9.17, 15) is 9.18 Å². The summed E-state index contributed by atoms with van der Waals surface area (Å²) in [5.74, 6) is -0.368. The summed E-state index contributed by atoms with van der Waals surface area (Å²) in [5.41, 5.74) is 1.30. The van der Waals surface area contributed by atoms with E-state index in [-0.39, 0.29) is 11.6 Å². The zero-order valence-corrected chi connectivity index (χ0v) is 8.21. The van der Waals surface area contributed by atoms with Gasteiger partial charge >= 0.3 is 0 Å². The van der Waals surface area contributed by atoms with Crippen LogP contribution in [-0.4, -0.2) is 12.3 Å². The predicted octanol–water partition coefficient (Wildman–Crippen LogP) is 2.18. The van der Waals surface area contributed by atoms with Crippen LogP contribution in [0.3, 0.4) is 0 Å². The van der Waals surface area contributed by atoms with Gasteiger partial charge in [0.1, 0.15) is 5.82 Å². The Morgan fingerprint density at radius 3 is 3.00 bits per heavy atom. The van der Waals surface area contributed by atoms with Gasteiger partial charge in [-0.3, -0.25) is 4.79 Å². The lowest BCUT2D eigenvalue weighted by molar-refractivity contribution is 0.101. The Morgan fingerprint density at radius 1 is 1.50 bits per heavy atom. The summed E-state index contributed by atoms with van der Waals surface area (Å²) in [6, 6.07) is 4.28. The average Bonchev–Trinajstić information content (AvgIpc) is 2.28. The maximum absolute atomic E-state index is 12.7. The van der Waals surface area contributed by atoms with E-state index in [1.165, 1.54) is 12.1 Å². The number of fused-ring (bicyclic) bond motifs is 1. The summed E-state index contributed by atoms with van der Waals surface area (Å²) in [6.45, 7) is 0.347. The van der Waals surface area contributed by atoms with E-state index in [4.69, 9.17) is 0 Å². The fourth-order valence-electron chi connectivity index (χ4n) is 1.24. The molecule has 0 saturated heterocycles. The summed E-state index contributed by atoms with van der Waals surface area (Å²) >= 11 is 2.04. The van der Waals surface area contributed by atoms with Crippen LogP contribution in [0.5, 0.6) is 0 Å². The van der Waals surface area contributed by atoms with Crippen molar-refractivity contribution in [2.24, 2.45) is 0 Å². The molecular formula is C8H5FINO. The van der Waals surface area contributed by atoms with Gasteiger partial charge < -0.3 is 3.11 Å². The molecule has 2 nitrogen and oxygen atoms in total. The highest BCUT2D eigenvalue weighted by Gasteiger charge is 2.24. The molecule has 0 fully saturated rings. The van der Waals surface area contributed by atoms with Gasteiger partial charge in [0.2, 0.25) is 0 Å². The predicted molar refractivity (Wildman–Crippen MR) is 52.1 cm³/mol. The standard InChI is InChI=1S/C8H5FINO/c9-5-1-2-7-6(3-5)8(12)4-11(7)10/h1-3H,4H2. The van der Waals surface area contributed by atoms with Crippen molar-refractivity contribution in [1.82, 2.24) is 0 Å². The zero-order valence-electron chi connectivity index (χ0n) is 6.05. The number of carbonyl (C=O) groups is 1. The second-order valence-electron chi connectivity index (χ2n) is 2.60. The SMILES string of the molecule is O=C1CN(I)c2ccc(F)cc21. The molecule has 62 valence electrons. The monoisotopic (exact) mass is 277 g/mol. The summed E-state index contributed by atoms with van der Waals surface area (Å²) in [6.07, 6.45) is 0. The van der Waals surface area contributed by atoms with Crippen LogP contribution in [0, 0.1) is 5.82 Å². The number of nitrogens with zero attached hydrogens (tertiary/aromatic N) is 1. The fraction of sp³-hybridized carbons (Fsp3) is 0.125. The minimum Gasteiger partial charge on any atom is -0.306 e. The molecule has 0 saturated carbocycles. The Hall–Kier alpha value is -0.650. The van der Waals surface area contributed by atoms with E-state index in [2.05, 4.69) is 0 Å². The second kappa shape index (κ2) is 2.69. The molecule has 0 unspecified atom stereocenters. The molecule has 2 rings (SSSR count). The summed E-state index contributed by atoms with van der Waals surface area (Å²) in [5, 5.41) is 0. The lowest BCUT2D eigenvalue weighted by Crippen LogP contribution is -2.08. The van der Waals surface area contributed by atoms with Crippen LogP contribution >= 0.6 is 22.9 Å². The van der Waals surface area contributed by atoms with Gasteiger partial charge in [-0.25, -0.2) is 4.39 Å². The summed E-state index contributed by atoms with van der Waals surface area (Å²) in [4.78, 5) is 11.2. The maximum atomic E-state index is 12.7. The van der Waals surface area contributed by atoms with Crippen molar-refractivity contribution in [3.05, 3.63) is 29.6 Å². The average molecular weight is 277 g/mol. The van der Waals surface area contributed by atoms with Gasteiger partial charge in [-0.2, -0.15) is 0 Å². The first kappa shape index (κ1) is 7.97. The zero-order chi connectivity index (χ0) is 8.72. The summed E-state index contributed by atoms with van der Waals surface area (Å²) < 4.78 is 14.5. The Kier molecular flexibility index (Phi) is 1.79. The molecule has 1 heterocycles. The minimum absolute atomic E-state index is 0.0149. The van der Waals surface area contributed by atoms with E-state index in [1.807, 2.05) is 22.9 Å². The van der Waals surface area contributed by atoms with Crippen molar-refractivity contribution >= 4 is 34.3 Å². The first-order valence-corrected chi connectivity index (χ1v) is 4.41. The van der Waals surface area contributed by atoms with Gasteiger partial charge in [0.25, 0.3) is 0 Å². The van der Waals surface area contributed by atoms with Gasteiger partial charge in [0, 0.05) is 5.56 Å². The normalized spacial score (nSPS) is 15.2. The number of benzene rings is 1. The molecule has 0 bridgehead atoms. The molecule has 0 aromatic heterocycles. The van der Waals surface area contributed by atoms with Crippen LogP contribution in [0.4, 0.5) is 10.1 Å². The van der Waals surface area contributed by atoms with Crippen molar-refractivity contribution < 1.29 is 9.18 Å². The number of halogens is 2. The van der Waals surface area contributed by atoms with Crippen LogP contribution in [0.1, 0.15) is 10.4 Å². The molecular weight excluding hydrogens is 272 g/mol. The Bertz CT molecular complexity index is 353. The number of ketones is 1. The first-order chi connectivity index (χ1) is 5.68. The van der Waals surface area contributed by atoms with Crippen LogP contribution in [0.15, 0.2) is 18.2 Å². The van der Waals surface area contributed by atoms with Crippen LogP contribution in [-0.2, 0) is 0 Å². The molecule has 0 amide bonds. The van der Waals surface area contributed by atoms with Crippen molar-refractivity contribution in [3.63, 3.8) is 0 Å². The van der Waals surface area contributed by atoms with Gasteiger partial charge in [-0.15, -0.1) is 0 Å². The van der Waals surface area contributed by atoms with Gasteiger partial charge in [0.05, 0.1) is 35.1 Å². The van der Waals surface area contributed by atoms with E-state index < -0.39 is 0 Å². The lowest BCUT2D eigenvalue weighted by Gasteiger charge is -2.06. The topological polar surface area (TPSA) is 20.3 Å². The number of Topliss-reactive ketones (excluding diaryl/α,β-unsaturated/α-hetero) is 1. The molecule has 1 aliphatic heterocycles. The third-order valence-electron chi connectivity index (χ3n) is 1.80. The van der Waals surface area contributed by atoms with E-state index in [0.29, 0.717) is 12.1 Å². The quantitative estimate of drug-likeness (QED) is 0.535. The molecule has 1 aliphatic rings. The van der Waals surface area contributed by atoms with Crippen LogP contribution in [0.2, 0.25) is 0 Å². The highest BCUT2D eigenvalue weighted by atomic mass is 127. The lowest BCUT2D eigenvalue weighted by atomic mass is 10.1. The molecule has 0 atom stereocenters. The molecule has 0 radical (unpaired) electrons. The maximum Gasteiger partial charge on any atom is 0.185 e. The Morgan fingerprint density at radius 2 is 2.25 bits per heavy atom. The van der Waals surface area contributed by atoms with Gasteiger partial charge in [0.15, 0.2) is 5.78 Å². The van der Waals surface area contributed by atoms with E-state index >= 15 is 0 Å². The van der Waals surface area contributed by atoms with Crippen molar-refractivity contribution in [3.8, 4) is 0 Å². The van der Waals surface area contributed by atoms with Crippen molar-refractivity contribution in [2.75, 3.05) is 9.66 Å². The number of anilines is 1. The Labute approximate surface area is 82.9 Å². The Balaban J connectivity index is 2.60. The second-order valence-corrected chi connectivity index (χ2v) is 3.77. The minimum atomic E-state index is -0.353. The molecule has 1 aromatic rings. The fourth-order valence-corrected chi connectivity index (χ4v) is 1.97.